The second-order valence-corrected chi connectivity index (χ2v) is 5.66. The first kappa shape index (κ1) is 22.9. The lowest BCUT2D eigenvalue weighted by atomic mass is 10.1. The quantitative estimate of drug-likeness (QED) is 0.316. The lowest BCUT2D eigenvalue weighted by molar-refractivity contribution is 0.406. The molecular weight excluding hydrogens is 467 g/mol. The number of guanidine groups is 1. The lowest BCUT2D eigenvalue weighted by Crippen LogP contribution is -2.39. The Morgan fingerprint density at radius 1 is 1.04 bits per heavy atom. The number of methoxy groups -OCH3 is 1. The first-order valence-electron chi connectivity index (χ1n) is 8.28. The van der Waals surface area contributed by atoms with Gasteiger partial charge < -0.3 is 20.5 Å². The molecule has 0 aromatic heterocycles. The SMILES string of the molecule is CN=C(NCCc1ccc(OC)cc1O)NCCc1cc(F)ccc1F.I. The molecule has 0 aliphatic carbocycles. The Morgan fingerprint density at radius 2 is 1.70 bits per heavy atom. The molecule has 148 valence electrons. The summed E-state index contributed by atoms with van der Waals surface area (Å²) in [4.78, 5) is 4.08. The number of phenolic OH excluding ortho intramolecular Hbond substituents is 1. The van der Waals surface area contributed by atoms with Gasteiger partial charge in [-0.1, -0.05) is 6.07 Å². The van der Waals surface area contributed by atoms with Gasteiger partial charge in [0.2, 0.25) is 0 Å². The zero-order chi connectivity index (χ0) is 18.9. The van der Waals surface area contributed by atoms with Crippen molar-refractivity contribution in [2.45, 2.75) is 12.8 Å². The number of ether oxygens (including phenoxy) is 1. The van der Waals surface area contributed by atoms with E-state index in [-0.39, 0.29) is 29.7 Å². The van der Waals surface area contributed by atoms with Crippen molar-refractivity contribution in [3.63, 3.8) is 0 Å². The van der Waals surface area contributed by atoms with Crippen molar-refractivity contribution >= 4 is 29.9 Å². The molecule has 2 rings (SSSR count). The van der Waals surface area contributed by atoms with Crippen LogP contribution in [0.25, 0.3) is 0 Å². The van der Waals surface area contributed by atoms with Crippen LogP contribution >= 0.6 is 24.0 Å². The number of hydrogen-bond donors (Lipinski definition) is 3. The van der Waals surface area contributed by atoms with E-state index in [1.165, 1.54) is 6.07 Å². The van der Waals surface area contributed by atoms with Gasteiger partial charge in [-0.2, -0.15) is 0 Å². The molecule has 0 spiro atoms. The Labute approximate surface area is 174 Å². The van der Waals surface area contributed by atoms with E-state index in [9.17, 15) is 13.9 Å². The summed E-state index contributed by atoms with van der Waals surface area (Å²) in [5.41, 5.74) is 1.10. The first-order valence-corrected chi connectivity index (χ1v) is 8.28. The Balaban J connectivity index is 0.00000364. The predicted octanol–water partition coefficient (Wildman–Crippen LogP) is 3.25. The molecule has 5 nitrogen and oxygen atoms in total. The zero-order valence-corrected chi connectivity index (χ0v) is 17.6. The molecule has 27 heavy (non-hydrogen) atoms. The molecular formula is C19H24F2IN3O2. The van der Waals surface area contributed by atoms with Crippen LogP contribution in [0.3, 0.4) is 0 Å². The highest BCUT2D eigenvalue weighted by Gasteiger charge is 2.06. The van der Waals surface area contributed by atoms with Crippen molar-refractivity contribution in [2.75, 3.05) is 27.2 Å². The second-order valence-electron chi connectivity index (χ2n) is 5.66. The third-order valence-corrected chi connectivity index (χ3v) is 3.90. The molecule has 0 heterocycles. The zero-order valence-electron chi connectivity index (χ0n) is 15.3. The maximum Gasteiger partial charge on any atom is 0.190 e. The van der Waals surface area contributed by atoms with Gasteiger partial charge in [-0.3, -0.25) is 4.99 Å². The average molecular weight is 491 g/mol. The van der Waals surface area contributed by atoms with Crippen LogP contribution in [0.15, 0.2) is 41.4 Å². The molecule has 2 aromatic rings. The summed E-state index contributed by atoms with van der Waals surface area (Å²) in [5.74, 6) is 0.445. The fraction of sp³-hybridized carbons (Fsp3) is 0.316. The van der Waals surface area contributed by atoms with E-state index in [0.717, 1.165) is 17.7 Å². The summed E-state index contributed by atoms with van der Waals surface area (Å²) in [5, 5.41) is 16.1. The van der Waals surface area contributed by atoms with Crippen LogP contribution in [-0.4, -0.2) is 38.3 Å². The third kappa shape index (κ3) is 7.20. The van der Waals surface area contributed by atoms with Crippen LogP contribution < -0.4 is 15.4 Å². The normalized spacial score (nSPS) is 10.9. The Kier molecular flexibility index (Phi) is 9.84. The molecule has 0 atom stereocenters. The number of halogens is 3. The van der Waals surface area contributed by atoms with E-state index >= 15 is 0 Å². The van der Waals surface area contributed by atoms with Crippen molar-refractivity contribution in [1.29, 1.82) is 0 Å². The van der Waals surface area contributed by atoms with Gasteiger partial charge >= 0.3 is 0 Å². The highest BCUT2D eigenvalue weighted by atomic mass is 127. The number of hydrogen-bond acceptors (Lipinski definition) is 3. The predicted molar refractivity (Wildman–Crippen MR) is 113 cm³/mol. The fourth-order valence-corrected chi connectivity index (χ4v) is 2.47. The highest BCUT2D eigenvalue weighted by Crippen LogP contribution is 2.23. The Hall–Kier alpha value is -2.10. The molecule has 0 saturated carbocycles. The minimum absolute atomic E-state index is 0. The van der Waals surface area contributed by atoms with Crippen LogP contribution in [0.5, 0.6) is 11.5 Å². The van der Waals surface area contributed by atoms with Crippen molar-refractivity contribution in [3.05, 3.63) is 59.2 Å². The summed E-state index contributed by atoms with van der Waals surface area (Å²) < 4.78 is 31.8. The monoisotopic (exact) mass is 491 g/mol. The van der Waals surface area contributed by atoms with Crippen LogP contribution in [0.2, 0.25) is 0 Å². The van der Waals surface area contributed by atoms with Crippen molar-refractivity contribution in [3.8, 4) is 11.5 Å². The smallest absolute Gasteiger partial charge is 0.190 e. The van der Waals surface area contributed by atoms with Gasteiger partial charge in [0.1, 0.15) is 23.1 Å². The van der Waals surface area contributed by atoms with Gasteiger partial charge in [0.05, 0.1) is 7.11 Å². The third-order valence-electron chi connectivity index (χ3n) is 3.90. The summed E-state index contributed by atoms with van der Waals surface area (Å²) >= 11 is 0. The molecule has 0 unspecified atom stereocenters. The largest absolute Gasteiger partial charge is 0.508 e. The number of rotatable bonds is 7. The Bertz CT molecular complexity index is 773. The van der Waals surface area contributed by atoms with E-state index in [1.807, 2.05) is 0 Å². The molecule has 0 aliphatic heterocycles. The molecule has 2 aromatic carbocycles. The fourth-order valence-electron chi connectivity index (χ4n) is 2.47. The number of aromatic hydroxyl groups is 1. The standard InChI is InChI=1S/C19H23F2N3O2.HI/c1-22-19(24-10-8-14-11-15(20)4-6-17(14)21)23-9-7-13-3-5-16(26-2)12-18(13)25;/h3-6,11-12,25H,7-10H2,1-2H3,(H2,22,23,24);1H. The van der Waals surface area contributed by atoms with Crippen LogP contribution in [0, 0.1) is 11.6 Å². The van der Waals surface area contributed by atoms with E-state index in [2.05, 4.69) is 15.6 Å². The summed E-state index contributed by atoms with van der Waals surface area (Å²) in [6.45, 7) is 0.960. The van der Waals surface area contributed by atoms with E-state index in [4.69, 9.17) is 4.74 Å². The molecule has 0 radical (unpaired) electrons. The van der Waals surface area contributed by atoms with Crippen LogP contribution in [0.4, 0.5) is 8.78 Å². The molecule has 0 amide bonds. The van der Waals surface area contributed by atoms with Gasteiger partial charge in [0, 0.05) is 26.2 Å². The molecule has 0 fully saturated rings. The summed E-state index contributed by atoms with van der Waals surface area (Å²) in [7, 11) is 3.17. The number of nitrogens with zero attached hydrogens (tertiary/aromatic N) is 1. The van der Waals surface area contributed by atoms with Crippen LogP contribution in [0.1, 0.15) is 11.1 Å². The maximum atomic E-state index is 13.6. The van der Waals surface area contributed by atoms with Gasteiger partial charge in [-0.05, 0) is 48.2 Å². The second kappa shape index (κ2) is 11.6. The molecule has 0 aliphatic rings. The van der Waals surface area contributed by atoms with Crippen molar-refractivity contribution in [1.82, 2.24) is 10.6 Å². The Morgan fingerprint density at radius 3 is 2.30 bits per heavy atom. The number of phenols is 1. The van der Waals surface area contributed by atoms with Gasteiger partial charge in [0.25, 0.3) is 0 Å². The van der Waals surface area contributed by atoms with E-state index < -0.39 is 11.6 Å². The first-order chi connectivity index (χ1) is 12.5. The molecule has 0 saturated heterocycles. The molecule has 8 heteroatoms. The number of aliphatic imine (C=N–C) groups is 1. The maximum absolute atomic E-state index is 13.6. The van der Waals surface area contributed by atoms with Gasteiger partial charge in [0.15, 0.2) is 5.96 Å². The van der Waals surface area contributed by atoms with Crippen molar-refractivity contribution < 1.29 is 18.6 Å². The minimum atomic E-state index is -0.455. The van der Waals surface area contributed by atoms with E-state index in [1.54, 1.807) is 32.4 Å². The summed E-state index contributed by atoms with van der Waals surface area (Å²) in [6, 6.07) is 8.57. The van der Waals surface area contributed by atoms with Crippen LogP contribution in [-0.2, 0) is 12.8 Å². The molecule has 0 bridgehead atoms. The number of nitrogens with one attached hydrogen (secondary N) is 2. The molecule has 3 N–H and O–H groups in total. The minimum Gasteiger partial charge on any atom is -0.508 e. The topological polar surface area (TPSA) is 65.9 Å². The van der Waals surface area contributed by atoms with Crippen molar-refractivity contribution in [2.24, 2.45) is 4.99 Å². The lowest BCUT2D eigenvalue weighted by Gasteiger charge is -2.13. The van der Waals surface area contributed by atoms with Gasteiger partial charge in [-0.25, -0.2) is 8.78 Å². The number of benzene rings is 2. The highest BCUT2D eigenvalue weighted by molar-refractivity contribution is 14.0. The van der Waals surface area contributed by atoms with Gasteiger partial charge in [-0.15, -0.1) is 24.0 Å². The van der Waals surface area contributed by atoms with E-state index in [0.29, 0.717) is 43.2 Å². The summed E-state index contributed by atoms with van der Waals surface area (Å²) in [6.07, 6.45) is 0.929. The average Bonchev–Trinajstić information content (AvgIpc) is 2.64.